The van der Waals surface area contributed by atoms with Crippen LogP contribution in [0.15, 0.2) is 65.1 Å². The van der Waals surface area contributed by atoms with E-state index in [1.165, 1.54) is 6.07 Å². The summed E-state index contributed by atoms with van der Waals surface area (Å²) in [6, 6.07) is 17.4. The zero-order valence-corrected chi connectivity index (χ0v) is 14.0. The fraction of sp³-hybridized carbons (Fsp3) is 0.105. The van der Waals surface area contributed by atoms with Gasteiger partial charge in [-0.2, -0.15) is 0 Å². The van der Waals surface area contributed by atoms with E-state index < -0.39 is 16.7 Å². The molecule has 3 rings (SSSR count). The van der Waals surface area contributed by atoms with Crippen LogP contribution in [0.4, 0.5) is 11.6 Å². The van der Waals surface area contributed by atoms with Crippen molar-refractivity contribution in [1.29, 1.82) is 0 Å². The number of benzene rings is 2. The number of nitrogens with one attached hydrogen (secondary N) is 1. The topological polar surface area (TPSA) is 94.6 Å². The molecule has 0 aliphatic rings. The van der Waals surface area contributed by atoms with E-state index >= 15 is 0 Å². The Labute approximate surface area is 149 Å². The maximum absolute atomic E-state index is 12.3. The maximum atomic E-state index is 12.3. The van der Waals surface area contributed by atoms with Crippen LogP contribution < -0.4 is 10.1 Å². The predicted molar refractivity (Wildman–Crippen MR) is 95.3 cm³/mol. The van der Waals surface area contributed by atoms with Crippen molar-refractivity contribution in [1.82, 2.24) is 0 Å². The summed E-state index contributed by atoms with van der Waals surface area (Å²) in [5.41, 5.74) is 2.42. The van der Waals surface area contributed by atoms with Gasteiger partial charge in [-0.3, -0.25) is 14.9 Å². The lowest BCUT2D eigenvalue weighted by Gasteiger charge is -2.13. The average molecular weight is 352 g/mol. The molecule has 2 aromatic carbocycles. The van der Waals surface area contributed by atoms with Gasteiger partial charge in [0.2, 0.25) is 0 Å². The highest BCUT2D eigenvalue weighted by Gasteiger charge is 2.18. The Morgan fingerprint density at radius 3 is 2.62 bits per heavy atom. The number of hydrogen-bond donors (Lipinski definition) is 1. The van der Waals surface area contributed by atoms with Crippen molar-refractivity contribution in [2.24, 2.45) is 0 Å². The van der Waals surface area contributed by atoms with Gasteiger partial charge < -0.3 is 14.5 Å². The third-order valence-electron chi connectivity index (χ3n) is 3.62. The smallest absolute Gasteiger partial charge is 0.433 e. The van der Waals surface area contributed by atoms with Crippen LogP contribution in [0.3, 0.4) is 0 Å². The van der Waals surface area contributed by atoms with E-state index in [9.17, 15) is 14.9 Å². The molecule has 1 N–H and O–H groups in total. The fourth-order valence-electron chi connectivity index (χ4n) is 2.32. The highest BCUT2D eigenvalue weighted by Crippen LogP contribution is 2.28. The van der Waals surface area contributed by atoms with Gasteiger partial charge in [0.15, 0.2) is 5.76 Å². The van der Waals surface area contributed by atoms with Crippen molar-refractivity contribution in [3.05, 3.63) is 87.7 Å². The minimum atomic E-state index is -0.697. The number of rotatable bonds is 6. The highest BCUT2D eigenvalue weighted by atomic mass is 16.6. The van der Waals surface area contributed by atoms with Gasteiger partial charge in [-0.1, -0.05) is 36.4 Å². The van der Waals surface area contributed by atoms with Crippen LogP contribution in [0, 0.1) is 17.0 Å². The van der Waals surface area contributed by atoms with Crippen LogP contribution in [0.2, 0.25) is 0 Å². The number of carbonyl (C=O) groups excluding carboxylic acids is 1. The molecule has 7 nitrogen and oxygen atoms in total. The van der Waals surface area contributed by atoms with Crippen molar-refractivity contribution < 1.29 is 18.9 Å². The Hall–Kier alpha value is -3.61. The molecule has 0 radical (unpaired) electrons. The molecule has 26 heavy (non-hydrogen) atoms. The van der Waals surface area contributed by atoms with Gasteiger partial charge in [0, 0.05) is 0 Å². The molecule has 0 spiro atoms. The van der Waals surface area contributed by atoms with Gasteiger partial charge in [0.1, 0.15) is 17.3 Å². The summed E-state index contributed by atoms with van der Waals surface area (Å²) < 4.78 is 10.8. The molecule has 0 aliphatic carbocycles. The van der Waals surface area contributed by atoms with Crippen molar-refractivity contribution >= 4 is 17.5 Å². The molecule has 1 amide bonds. The Balaban J connectivity index is 1.76. The van der Waals surface area contributed by atoms with Crippen LogP contribution in [-0.2, 0) is 6.61 Å². The van der Waals surface area contributed by atoms with Crippen molar-refractivity contribution in [2.75, 3.05) is 5.32 Å². The minimum absolute atomic E-state index is 0.147. The molecule has 7 heteroatoms. The van der Waals surface area contributed by atoms with Crippen molar-refractivity contribution in [3.8, 4) is 5.75 Å². The van der Waals surface area contributed by atoms with E-state index in [1.807, 2.05) is 49.4 Å². The van der Waals surface area contributed by atoms with Crippen LogP contribution in [0.1, 0.15) is 21.7 Å². The summed E-state index contributed by atoms with van der Waals surface area (Å²) in [5, 5.41) is 13.3. The Bertz CT molecular complexity index is 934. The first kappa shape index (κ1) is 17.2. The van der Waals surface area contributed by atoms with E-state index in [4.69, 9.17) is 9.15 Å². The normalized spacial score (nSPS) is 10.3. The van der Waals surface area contributed by atoms with E-state index in [-0.39, 0.29) is 5.76 Å². The first-order chi connectivity index (χ1) is 12.5. The molecular weight excluding hydrogens is 336 g/mol. The van der Waals surface area contributed by atoms with Gasteiger partial charge in [-0.15, -0.1) is 0 Å². The predicted octanol–water partition coefficient (Wildman–Crippen LogP) is 4.33. The molecule has 3 aromatic rings. The molecule has 132 valence electrons. The molecule has 0 unspecified atom stereocenters. The Kier molecular flexibility index (Phi) is 4.98. The average Bonchev–Trinajstić information content (AvgIpc) is 3.13. The third kappa shape index (κ3) is 4.07. The lowest BCUT2D eigenvalue weighted by molar-refractivity contribution is -0.402. The second-order valence-corrected chi connectivity index (χ2v) is 5.62. The molecule has 0 saturated heterocycles. The summed E-state index contributed by atoms with van der Waals surface area (Å²) >= 11 is 0. The number of carbonyl (C=O) groups is 1. The summed E-state index contributed by atoms with van der Waals surface area (Å²) in [5.74, 6) is -0.722. The summed E-state index contributed by atoms with van der Waals surface area (Å²) in [4.78, 5) is 22.2. The van der Waals surface area contributed by atoms with Gasteiger partial charge in [0.05, 0.1) is 11.8 Å². The lowest BCUT2D eigenvalue weighted by atomic mass is 10.2. The van der Waals surface area contributed by atoms with Crippen LogP contribution in [0.25, 0.3) is 0 Å². The van der Waals surface area contributed by atoms with Gasteiger partial charge >= 0.3 is 5.88 Å². The SMILES string of the molecule is Cc1ccc(NC(=O)c2ccc([N+](=O)[O-])o2)c(OCc2ccccc2)c1. The summed E-state index contributed by atoms with van der Waals surface area (Å²) in [7, 11) is 0. The zero-order chi connectivity index (χ0) is 18.5. The minimum Gasteiger partial charge on any atom is -0.487 e. The van der Waals surface area contributed by atoms with E-state index in [1.54, 1.807) is 6.07 Å². The number of nitrogens with zero attached hydrogens (tertiary/aromatic N) is 1. The molecule has 0 bridgehead atoms. The Morgan fingerprint density at radius 1 is 1.15 bits per heavy atom. The van der Waals surface area contributed by atoms with Crippen molar-refractivity contribution in [2.45, 2.75) is 13.5 Å². The van der Waals surface area contributed by atoms with Gasteiger partial charge in [0.25, 0.3) is 5.91 Å². The second kappa shape index (κ2) is 7.52. The highest BCUT2D eigenvalue weighted by molar-refractivity contribution is 6.03. The van der Waals surface area contributed by atoms with E-state index in [2.05, 4.69) is 5.32 Å². The standard InChI is InChI=1S/C19H16N2O5/c1-13-7-8-15(17(11-13)25-12-14-5-3-2-4-6-14)20-19(22)16-9-10-18(26-16)21(23)24/h2-11H,12H2,1H3,(H,20,22). The monoisotopic (exact) mass is 352 g/mol. The number of hydrogen-bond acceptors (Lipinski definition) is 5. The van der Waals surface area contributed by atoms with E-state index in [0.717, 1.165) is 17.2 Å². The molecule has 0 aliphatic heterocycles. The lowest BCUT2D eigenvalue weighted by Crippen LogP contribution is -2.12. The zero-order valence-electron chi connectivity index (χ0n) is 14.0. The third-order valence-corrected chi connectivity index (χ3v) is 3.62. The number of furan rings is 1. The molecule has 1 heterocycles. The van der Waals surface area contributed by atoms with Gasteiger partial charge in [-0.25, -0.2) is 0 Å². The number of ether oxygens (including phenoxy) is 1. The van der Waals surface area contributed by atoms with E-state index in [0.29, 0.717) is 18.0 Å². The Morgan fingerprint density at radius 2 is 1.92 bits per heavy atom. The maximum Gasteiger partial charge on any atom is 0.433 e. The van der Waals surface area contributed by atoms with Crippen molar-refractivity contribution in [3.63, 3.8) is 0 Å². The quantitative estimate of drug-likeness (QED) is 0.526. The van der Waals surface area contributed by atoms with Gasteiger partial charge in [-0.05, 0) is 36.2 Å². The molecular formula is C19H16N2O5. The first-order valence-corrected chi connectivity index (χ1v) is 7.86. The largest absolute Gasteiger partial charge is 0.487 e. The van der Waals surface area contributed by atoms with Crippen LogP contribution >= 0.6 is 0 Å². The van der Waals surface area contributed by atoms with Crippen LogP contribution in [-0.4, -0.2) is 10.8 Å². The summed E-state index contributed by atoms with van der Waals surface area (Å²) in [6.45, 7) is 2.26. The molecule has 0 fully saturated rings. The molecule has 0 atom stereocenters. The van der Waals surface area contributed by atoms with Crippen LogP contribution in [0.5, 0.6) is 5.75 Å². The number of aryl methyl sites for hydroxylation is 1. The second-order valence-electron chi connectivity index (χ2n) is 5.62. The molecule has 1 aromatic heterocycles. The first-order valence-electron chi connectivity index (χ1n) is 7.86. The number of nitro groups is 1. The fourth-order valence-corrected chi connectivity index (χ4v) is 2.32. The molecule has 0 saturated carbocycles. The number of amides is 1. The summed E-state index contributed by atoms with van der Waals surface area (Å²) in [6.07, 6.45) is 0. The number of anilines is 1.